The number of aromatic amines is 1. The zero-order valence-electron chi connectivity index (χ0n) is 9.28. The van der Waals surface area contributed by atoms with Gasteiger partial charge in [0.1, 0.15) is 12.2 Å². The summed E-state index contributed by atoms with van der Waals surface area (Å²) in [6, 6.07) is 6.00. The van der Waals surface area contributed by atoms with Crippen molar-refractivity contribution in [3.05, 3.63) is 33.9 Å². The van der Waals surface area contributed by atoms with Crippen LogP contribution in [-0.4, -0.2) is 21.7 Å². The third-order valence-electron chi connectivity index (χ3n) is 2.38. The third-order valence-corrected chi connectivity index (χ3v) is 3.06. The topological polar surface area (TPSA) is 79.6 Å². The second-order valence-corrected chi connectivity index (χ2v) is 4.94. The van der Waals surface area contributed by atoms with Gasteiger partial charge in [0.25, 0.3) is 0 Å². The molecule has 0 bridgehead atoms. The maximum absolute atomic E-state index is 5.90. The van der Waals surface area contributed by atoms with E-state index in [4.69, 9.17) is 5.73 Å². The van der Waals surface area contributed by atoms with Crippen LogP contribution < -0.4 is 11.1 Å². The molecule has 0 saturated carbocycles. The molecule has 90 valence electrons. The van der Waals surface area contributed by atoms with Gasteiger partial charge in [-0.15, -0.1) is 0 Å². The maximum Gasteiger partial charge on any atom is 0.137 e. The van der Waals surface area contributed by atoms with Gasteiger partial charge >= 0.3 is 0 Å². The molecule has 2 rings (SSSR count). The van der Waals surface area contributed by atoms with Crippen LogP contribution in [0.1, 0.15) is 12.2 Å². The number of anilines is 2. The molecule has 17 heavy (non-hydrogen) atoms. The van der Waals surface area contributed by atoms with E-state index in [2.05, 4.69) is 43.1 Å². The largest absolute Gasteiger partial charge is 0.397 e. The smallest absolute Gasteiger partial charge is 0.137 e. The summed E-state index contributed by atoms with van der Waals surface area (Å²) < 4.78 is 1.15. The fourth-order valence-corrected chi connectivity index (χ4v) is 2.04. The van der Waals surface area contributed by atoms with Crippen molar-refractivity contribution in [3.63, 3.8) is 0 Å². The zero-order valence-corrected chi connectivity index (χ0v) is 11.4. The van der Waals surface area contributed by atoms with Crippen LogP contribution in [0.2, 0.25) is 0 Å². The lowest BCUT2D eigenvalue weighted by molar-refractivity contribution is 0.806. The number of rotatable bonds is 5. The van der Waals surface area contributed by atoms with Crippen LogP contribution in [0.5, 0.6) is 0 Å². The molecule has 0 saturated heterocycles. The lowest BCUT2D eigenvalue weighted by Crippen LogP contribution is -2.06. The van der Waals surface area contributed by atoms with E-state index in [-0.39, 0.29) is 0 Å². The Bertz CT molecular complexity index is 469. The number of aryl methyl sites for hydroxylation is 1. The molecule has 0 aliphatic heterocycles. The molecule has 0 unspecified atom stereocenters. The first-order valence-corrected chi connectivity index (χ1v) is 6.47. The Labute approximate surface area is 113 Å². The van der Waals surface area contributed by atoms with Gasteiger partial charge in [-0.1, -0.05) is 0 Å². The monoisotopic (exact) mass is 343 g/mol. The van der Waals surface area contributed by atoms with E-state index in [0.717, 1.165) is 40.2 Å². The molecule has 5 nitrogen and oxygen atoms in total. The average molecular weight is 343 g/mol. The number of nitrogens with two attached hydrogens (primary N) is 1. The minimum Gasteiger partial charge on any atom is -0.397 e. The Morgan fingerprint density at radius 2 is 2.29 bits per heavy atom. The number of benzene rings is 1. The molecule has 0 atom stereocenters. The summed E-state index contributed by atoms with van der Waals surface area (Å²) in [4.78, 5) is 4.07. The summed E-state index contributed by atoms with van der Waals surface area (Å²) in [6.45, 7) is 0.867. The molecule has 0 amide bonds. The number of hydrogen-bond donors (Lipinski definition) is 3. The Morgan fingerprint density at radius 3 is 3.00 bits per heavy atom. The number of hydrogen-bond acceptors (Lipinski definition) is 4. The number of halogens is 1. The maximum atomic E-state index is 5.90. The van der Waals surface area contributed by atoms with E-state index < -0.39 is 0 Å². The van der Waals surface area contributed by atoms with Gasteiger partial charge in [0.2, 0.25) is 0 Å². The van der Waals surface area contributed by atoms with E-state index in [1.54, 1.807) is 0 Å². The first-order chi connectivity index (χ1) is 8.25. The first-order valence-electron chi connectivity index (χ1n) is 5.39. The summed E-state index contributed by atoms with van der Waals surface area (Å²) >= 11 is 2.25. The normalized spacial score (nSPS) is 10.4. The van der Waals surface area contributed by atoms with Crippen LogP contribution in [0.4, 0.5) is 11.4 Å². The quantitative estimate of drug-likeness (QED) is 0.441. The van der Waals surface area contributed by atoms with Gasteiger partial charge in [-0.2, -0.15) is 5.10 Å². The number of aromatic nitrogens is 3. The fraction of sp³-hybridized carbons (Fsp3) is 0.273. The van der Waals surface area contributed by atoms with Crippen LogP contribution >= 0.6 is 22.6 Å². The highest BCUT2D eigenvalue weighted by atomic mass is 127. The molecule has 1 aromatic carbocycles. The minimum absolute atomic E-state index is 0.788. The van der Waals surface area contributed by atoms with Gasteiger partial charge in [-0.3, -0.25) is 5.10 Å². The highest BCUT2D eigenvalue weighted by Crippen LogP contribution is 2.20. The second kappa shape index (κ2) is 5.85. The van der Waals surface area contributed by atoms with Crippen LogP contribution in [0.3, 0.4) is 0 Å². The first kappa shape index (κ1) is 12.2. The fourth-order valence-electron chi connectivity index (χ4n) is 1.52. The van der Waals surface area contributed by atoms with E-state index >= 15 is 0 Å². The summed E-state index contributed by atoms with van der Waals surface area (Å²) in [5.41, 5.74) is 7.68. The number of nitrogens with one attached hydrogen (secondary N) is 2. The van der Waals surface area contributed by atoms with Crippen molar-refractivity contribution in [3.8, 4) is 0 Å². The molecule has 1 heterocycles. The molecule has 6 heteroatoms. The van der Waals surface area contributed by atoms with E-state index in [0.29, 0.717) is 0 Å². The average Bonchev–Trinajstić information content (AvgIpc) is 2.79. The Morgan fingerprint density at radius 1 is 1.41 bits per heavy atom. The predicted octanol–water partition coefficient (Wildman–Crippen LogP) is 2.04. The van der Waals surface area contributed by atoms with Gasteiger partial charge in [-0.05, 0) is 47.2 Å². The highest BCUT2D eigenvalue weighted by molar-refractivity contribution is 14.1. The van der Waals surface area contributed by atoms with E-state index in [1.165, 1.54) is 6.33 Å². The third kappa shape index (κ3) is 3.58. The van der Waals surface area contributed by atoms with Crippen LogP contribution in [0.25, 0.3) is 0 Å². The molecule has 0 spiro atoms. The van der Waals surface area contributed by atoms with Crippen molar-refractivity contribution in [2.45, 2.75) is 12.8 Å². The minimum atomic E-state index is 0.788. The summed E-state index contributed by atoms with van der Waals surface area (Å²) in [6.07, 6.45) is 3.40. The van der Waals surface area contributed by atoms with Crippen molar-refractivity contribution in [1.82, 2.24) is 15.2 Å². The van der Waals surface area contributed by atoms with E-state index in [9.17, 15) is 0 Å². The molecule has 1 aromatic heterocycles. The molecular formula is C11H14IN5. The van der Waals surface area contributed by atoms with Gasteiger partial charge in [-0.25, -0.2) is 4.98 Å². The predicted molar refractivity (Wildman–Crippen MR) is 76.8 cm³/mol. The second-order valence-electron chi connectivity index (χ2n) is 3.69. The van der Waals surface area contributed by atoms with Crippen LogP contribution in [-0.2, 0) is 6.42 Å². The van der Waals surface area contributed by atoms with Gasteiger partial charge in [0, 0.05) is 16.5 Å². The summed E-state index contributed by atoms with van der Waals surface area (Å²) in [5, 5.41) is 9.96. The lowest BCUT2D eigenvalue weighted by Gasteiger charge is -2.08. The van der Waals surface area contributed by atoms with Crippen molar-refractivity contribution in [1.29, 1.82) is 0 Å². The molecule has 2 aromatic rings. The number of nitrogen functional groups attached to an aromatic ring is 1. The molecule has 0 aliphatic rings. The SMILES string of the molecule is Nc1cc(I)ccc1NCCCc1ncn[nH]1. The van der Waals surface area contributed by atoms with Crippen molar-refractivity contribution in [2.75, 3.05) is 17.6 Å². The van der Waals surface area contributed by atoms with Crippen molar-refractivity contribution < 1.29 is 0 Å². The van der Waals surface area contributed by atoms with Crippen LogP contribution in [0.15, 0.2) is 24.5 Å². The zero-order chi connectivity index (χ0) is 12.1. The van der Waals surface area contributed by atoms with Gasteiger partial charge < -0.3 is 11.1 Å². The van der Waals surface area contributed by atoms with Crippen molar-refractivity contribution in [2.24, 2.45) is 0 Å². The van der Waals surface area contributed by atoms with Crippen molar-refractivity contribution >= 4 is 34.0 Å². The Kier molecular flexibility index (Phi) is 4.18. The Hall–Kier alpha value is -1.31. The molecule has 0 fully saturated rings. The number of nitrogens with zero attached hydrogens (tertiary/aromatic N) is 2. The van der Waals surface area contributed by atoms with Crippen LogP contribution in [0, 0.1) is 3.57 Å². The summed E-state index contributed by atoms with van der Waals surface area (Å²) in [7, 11) is 0. The molecule has 4 N–H and O–H groups in total. The molecule has 0 radical (unpaired) electrons. The van der Waals surface area contributed by atoms with E-state index in [1.807, 2.05) is 18.2 Å². The number of H-pyrrole nitrogens is 1. The highest BCUT2D eigenvalue weighted by Gasteiger charge is 1.99. The summed E-state index contributed by atoms with van der Waals surface area (Å²) in [5.74, 6) is 0.919. The molecular weight excluding hydrogens is 329 g/mol. The lowest BCUT2D eigenvalue weighted by atomic mass is 10.2. The standard InChI is InChI=1S/C11H14IN5/c12-8-3-4-10(9(13)6-8)14-5-1-2-11-15-7-16-17-11/h3-4,6-7,14H,1-2,5,13H2,(H,15,16,17). The Balaban J connectivity index is 1.78. The molecule has 0 aliphatic carbocycles. The van der Waals surface area contributed by atoms with Gasteiger partial charge in [0.05, 0.1) is 11.4 Å². The van der Waals surface area contributed by atoms with Gasteiger partial charge in [0.15, 0.2) is 0 Å².